The van der Waals surface area contributed by atoms with Crippen LogP contribution in [0.4, 0.5) is 0 Å². The van der Waals surface area contributed by atoms with Crippen LogP contribution in [0.25, 0.3) is 0 Å². The Morgan fingerprint density at radius 1 is 0.750 bits per heavy atom. The number of rotatable bonds is 7. The Kier molecular flexibility index (Phi) is 8.12. The predicted octanol–water partition coefficient (Wildman–Crippen LogP) is 1.30. The molecule has 0 aromatic carbocycles. The molecule has 0 aromatic rings. The molecule has 0 aliphatic heterocycles. The van der Waals surface area contributed by atoms with Gasteiger partial charge in [0.15, 0.2) is 0 Å². The quantitative estimate of drug-likeness (QED) is 0.635. The summed E-state index contributed by atoms with van der Waals surface area (Å²) in [6, 6.07) is 0. The highest BCUT2D eigenvalue weighted by Gasteiger charge is 2.02. The first kappa shape index (κ1) is 12.3. The molecule has 0 aromatic heterocycles. The van der Waals surface area contributed by atoms with Crippen LogP contribution in [0.5, 0.6) is 0 Å². The minimum Gasteiger partial charge on any atom is -0.260 e. The lowest BCUT2D eigenvalue weighted by atomic mass is 10.6. The summed E-state index contributed by atoms with van der Waals surface area (Å²) in [5.74, 6) is 2.73. The summed E-state index contributed by atoms with van der Waals surface area (Å²) in [4.78, 5) is 0. The van der Waals surface area contributed by atoms with Crippen LogP contribution in [0.15, 0.2) is 0 Å². The van der Waals surface area contributed by atoms with Gasteiger partial charge in [-0.05, 0) is 12.8 Å². The number of hydrogen-bond donors (Lipinski definition) is 0. The molecule has 0 amide bonds. The summed E-state index contributed by atoms with van der Waals surface area (Å²) < 4.78 is 22.3. The predicted molar refractivity (Wildman–Crippen MR) is 56.3 cm³/mol. The van der Waals surface area contributed by atoms with Crippen LogP contribution in [-0.2, 0) is 21.6 Å². The van der Waals surface area contributed by atoms with E-state index >= 15 is 0 Å². The third-order valence-corrected chi connectivity index (χ3v) is 4.71. The van der Waals surface area contributed by atoms with Crippen LogP contribution in [0.2, 0.25) is 0 Å². The van der Waals surface area contributed by atoms with E-state index in [0.29, 0.717) is 11.5 Å². The zero-order chi connectivity index (χ0) is 9.40. The van der Waals surface area contributed by atoms with Crippen molar-refractivity contribution in [1.82, 2.24) is 0 Å². The van der Waals surface area contributed by atoms with Crippen LogP contribution in [0.3, 0.4) is 0 Å². The van der Waals surface area contributed by atoms with E-state index in [4.69, 9.17) is 0 Å². The van der Waals surface area contributed by atoms with Crippen molar-refractivity contribution in [2.45, 2.75) is 26.7 Å². The van der Waals surface area contributed by atoms with Crippen molar-refractivity contribution >= 4 is 21.6 Å². The highest BCUT2D eigenvalue weighted by molar-refractivity contribution is 7.88. The van der Waals surface area contributed by atoms with Gasteiger partial charge in [0.25, 0.3) is 0 Å². The van der Waals surface area contributed by atoms with E-state index in [1.54, 1.807) is 0 Å². The molecule has 0 N–H and O–H groups in total. The highest BCUT2D eigenvalue weighted by Crippen LogP contribution is 1.91. The maximum absolute atomic E-state index is 11.1. The summed E-state index contributed by atoms with van der Waals surface area (Å²) in [6.45, 7) is 4.03. The smallest absolute Gasteiger partial charge is 0.0350 e. The largest absolute Gasteiger partial charge is 0.260 e. The molecule has 0 heterocycles. The highest BCUT2D eigenvalue weighted by atomic mass is 32.2. The third kappa shape index (κ3) is 6.98. The zero-order valence-corrected chi connectivity index (χ0v) is 9.51. The molecule has 0 bridgehead atoms. The van der Waals surface area contributed by atoms with Crippen LogP contribution in [0, 0.1) is 0 Å². The van der Waals surface area contributed by atoms with Gasteiger partial charge in [0, 0.05) is 44.6 Å². The average Bonchev–Trinajstić information content (AvgIpc) is 2.02. The molecule has 0 saturated heterocycles. The van der Waals surface area contributed by atoms with Crippen LogP contribution in [0.1, 0.15) is 26.7 Å². The van der Waals surface area contributed by atoms with Crippen LogP contribution < -0.4 is 0 Å². The summed E-state index contributed by atoms with van der Waals surface area (Å²) in [6.07, 6.45) is 1.90. The molecule has 0 rings (SSSR count). The molecule has 4 heteroatoms. The molecule has 74 valence electrons. The SMILES string of the molecule is CCCS(=O)CCS(=O)CCC. The third-order valence-electron chi connectivity index (χ3n) is 1.40. The van der Waals surface area contributed by atoms with Gasteiger partial charge in [-0.25, -0.2) is 0 Å². The Labute approximate surface area is 80.0 Å². The molecule has 0 aliphatic carbocycles. The van der Waals surface area contributed by atoms with Gasteiger partial charge in [0.05, 0.1) is 0 Å². The van der Waals surface area contributed by atoms with Crippen LogP contribution in [-0.4, -0.2) is 31.4 Å². The number of hydrogen-bond acceptors (Lipinski definition) is 2. The average molecular weight is 210 g/mol. The van der Waals surface area contributed by atoms with Gasteiger partial charge in [-0.2, -0.15) is 0 Å². The molecular weight excluding hydrogens is 192 g/mol. The Bertz CT molecular complexity index is 139. The first-order valence-electron chi connectivity index (χ1n) is 4.40. The van der Waals surface area contributed by atoms with Gasteiger partial charge in [-0.1, -0.05) is 13.8 Å². The standard InChI is InChI=1S/C8H18O2S2/c1-3-5-11(9)7-8-12(10)6-4-2/h3-8H2,1-2H3. The topological polar surface area (TPSA) is 34.1 Å². The summed E-state index contributed by atoms with van der Waals surface area (Å²) in [5.41, 5.74) is 0. The summed E-state index contributed by atoms with van der Waals surface area (Å²) >= 11 is 0. The molecule has 2 unspecified atom stereocenters. The van der Waals surface area contributed by atoms with Crippen molar-refractivity contribution in [1.29, 1.82) is 0 Å². The molecule has 0 fully saturated rings. The van der Waals surface area contributed by atoms with Gasteiger partial charge >= 0.3 is 0 Å². The fourth-order valence-corrected chi connectivity index (χ4v) is 3.65. The zero-order valence-electron chi connectivity index (χ0n) is 7.88. The Morgan fingerprint density at radius 3 is 1.33 bits per heavy atom. The van der Waals surface area contributed by atoms with Crippen molar-refractivity contribution < 1.29 is 8.42 Å². The molecular formula is C8H18O2S2. The van der Waals surface area contributed by atoms with Crippen molar-refractivity contribution in [3.8, 4) is 0 Å². The van der Waals surface area contributed by atoms with Gasteiger partial charge in [-0.15, -0.1) is 0 Å². The van der Waals surface area contributed by atoms with E-state index in [0.717, 1.165) is 24.3 Å². The van der Waals surface area contributed by atoms with Crippen molar-refractivity contribution in [2.75, 3.05) is 23.0 Å². The van der Waals surface area contributed by atoms with E-state index in [-0.39, 0.29) is 0 Å². The summed E-state index contributed by atoms with van der Waals surface area (Å²) in [5, 5.41) is 0. The van der Waals surface area contributed by atoms with E-state index in [1.165, 1.54) is 0 Å². The Balaban J connectivity index is 3.40. The van der Waals surface area contributed by atoms with E-state index in [2.05, 4.69) is 0 Å². The normalized spacial score (nSPS) is 15.8. The Hall–Kier alpha value is 0.300. The van der Waals surface area contributed by atoms with Gasteiger partial charge in [0.2, 0.25) is 0 Å². The first-order valence-corrected chi connectivity index (χ1v) is 7.38. The maximum Gasteiger partial charge on any atom is 0.0350 e. The van der Waals surface area contributed by atoms with Gasteiger partial charge in [0.1, 0.15) is 0 Å². The van der Waals surface area contributed by atoms with E-state index in [9.17, 15) is 8.42 Å². The Morgan fingerprint density at radius 2 is 1.08 bits per heavy atom. The second kappa shape index (κ2) is 7.92. The van der Waals surface area contributed by atoms with Crippen molar-refractivity contribution in [2.24, 2.45) is 0 Å². The fourth-order valence-electron chi connectivity index (χ4n) is 0.845. The van der Waals surface area contributed by atoms with Crippen LogP contribution >= 0.6 is 0 Å². The lowest BCUT2D eigenvalue weighted by molar-refractivity contribution is 0.676. The minimum absolute atomic E-state index is 0.612. The second-order valence-corrected chi connectivity index (χ2v) is 6.09. The first-order chi connectivity index (χ1) is 5.70. The molecule has 12 heavy (non-hydrogen) atoms. The van der Waals surface area contributed by atoms with Gasteiger partial charge < -0.3 is 0 Å². The molecule has 0 saturated carbocycles. The molecule has 2 atom stereocenters. The molecule has 0 radical (unpaired) electrons. The molecule has 0 aliphatic rings. The fraction of sp³-hybridized carbons (Fsp3) is 1.00. The lowest BCUT2D eigenvalue weighted by Crippen LogP contribution is -2.11. The second-order valence-electron chi connectivity index (χ2n) is 2.70. The molecule has 2 nitrogen and oxygen atoms in total. The molecule has 0 spiro atoms. The minimum atomic E-state index is -0.737. The maximum atomic E-state index is 11.1. The summed E-state index contributed by atoms with van der Waals surface area (Å²) in [7, 11) is -1.47. The van der Waals surface area contributed by atoms with Crippen molar-refractivity contribution in [3.63, 3.8) is 0 Å². The van der Waals surface area contributed by atoms with Crippen molar-refractivity contribution in [3.05, 3.63) is 0 Å². The van der Waals surface area contributed by atoms with E-state index in [1.807, 2.05) is 13.8 Å². The monoisotopic (exact) mass is 210 g/mol. The van der Waals surface area contributed by atoms with Gasteiger partial charge in [-0.3, -0.25) is 8.42 Å². The lowest BCUT2D eigenvalue weighted by Gasteiger charge is -1.99. The van der Waals surface area contributed by atoms with E-state index < -0.39 is 21.6 Å².